The van der Waals surface area contributed by atoms with E-state index in [2.05, 4.69) is 4.74 Å². The summed E-state index contributed by atoms with van der Waals surface area (Å²) < 4.78 is 45.4. The Morgan fingerprint density at radius 1 is 1.29 bits per heavy atom. The van der Waals surface area contributed by atoms with E-state index in [-0.39, 0.29) is 30.0 Å². The van der Waals surface area contributed by atoms with Gasteiger partial charge in [-0.25, -0.2) is 4.79 Å². The zero-order chi connectivity index (χ0) is 16.0. The van der Waals surface area contributed by atoms with E-state index in [1.54, 1.807) is 6.92 Å². The summed E-state index contributed by atoms with van der Waals surface area (Å²) in [5.41, 5.74) is -0.400. The van der Waals surface area contributed by atoms with Gasteiger partial charge in [0, 0.05) is 12.3 Å². The first-order chi connectivity index (χ1) is 9.78. The Labute approximate surface area is 123 Å². The molecule has 0 fully saturated rings. The van der Waals surface area contributed by atoms with Gasteiger partial charge in [0.05, 0.1) is 17.7 Å². The summed E-state index contributed by atoms with van der Waals surface area (Å²) >= 11 is 5.41. The minimum absolute atomic E-state index is 0.0377. The molecule has 0 spiro atoms. The summed E-state index contributed by atoms with van der Waals surface area (Å²) in [7, 11) is 0. The highest BCUT2D eigenvalue weighted by Crippen LogP contribution is 2.28. The Hall–Kier alpha value is -1.76. The number of halogens is 4. The van der Waals surface area contributed by atoms with Crippen molar-refractivity contribution in [2.24, 2.45) is 0 Å². The van der Waals surface area contributed by atoms with E-state index in [0.717, 1.165) is 18.2 Å². The fourth-order valence-corrected chi connectivity index (χ4v) is 1.70. The maximum Gasteiger partial charge on any atom is 0.573 e. The second-order valence-electron chi connectivity index (χ2n) is 3.84. The predicted molar refractivity (Wildman–Crippen MR) is 68.7 cm³/mol. The topological polar surface area (TPSA) is 52.6 Å². The van der Waals surface area contributed by atoms with E-state index in [1.807, 2.05) is 0 Å². The monoisotopic (exact) mass is 324 g/mol. The number of rotatable bonds is 6. The van der Waals surface area contributed by atoms with Crippen LogP contribution in [-0.4, -0.2) is 30.6 Å². The molecule has 0 saturated heterocycles. The molecule has 21 heavy (non-hydrogen) atoms. The van der Waals surface area contributed by atoms with Gasteiger partial charge in [0.15, 0.2) is 5.78 Å². The van der Waals surface area contributed by atoms with E-state index in [4.69, 9.17) is 16.3 Å². The van der Waals surface area contributed by atoms with Crippen LogP contribution in [0.4, 0.5) is 13.2 Å². The van der Waals surface area contributed by atoms with Gasteiger partial charge in [-0.15, -0.1) is 24.8 Å². The van der Waals surface area contributed by atoms with Crippen LogP contribution in [-0.2, 0) is 4.74 Å². The molecule has 0 atom stereocenters. The second-order valence-corrected chi connectivity index (χ2v) is 4.22. The van der Waals surface area contributed by atoms with Crippen molar-refractivity contribution in [3.05, 3.63) is 29.3 Å². The minimum atomic E-state index is -4.94. The number of ketones is 1. The highest BCUT2D eigenvalue weighted by Gasteiger charge is 2.33. The maximum absolute atomic E-state index is 12.3. The fourth-order valence-electron chi connectivity index (χ4n) is 1.52. The van der Waals surface area contributed by atoms with Crippen molar-refractivity contribution < 1.29 is 32.2 Å². The largest absolute Gasteiger partial charge is 0.573 e. The SMILES string of the molecule is CCOC(=O)c1ccc(OC(F)(F)F)c(C(=O)CCCl)c1. The van der Waals surface area contributed by atoms with Gasteiger partial charge in [-0.05, 0) is 25.1 Å². The third kappa shape index (κ3) is 5.26. The smallest absolute Gasteiger partial charge is 0.462 e. The number of hydrogen-bond donors (Lipinski definition) is 0. The Morgan fingerprint density at radius 3 is 2.48 bits per heavy atom. The zero-order valence-corrected chi connectivity index (χ0v) is 11.8. The highest BCUT2D eigenvalue weighted by atomic mass is 35.5. The summed E-state index contributed by atoms with van der Waals surface area (Å²) in [6, 6.07) is 3.01. The molecule has 0 aliphatic carbocycles. The Balaban J connectivity index is 3.19. The minimum Gasteiger partial charge on any atom is -0.462 e. The third-order valence-electron chi connectivity index (χ3n) is 2.34. The van der Waals surface area contributed by atoms with Gasteiger partial charge in [-0.1, -0.05) is 0 Å². The molecule has 4 nitrogen and oxygen atoms in total. The Kier molecular flexibility index (Phi) is 6.02. The lowest BCUT2D eigenvalue weighted by atomic mass is 10.0. The van der Waals surface area contributed by atoms with E-state index in [0.29, 0.717) is 0 Å². The molecule has 0 N–H and O–H groups in total. The van der Waals surface area contributed by atoms with Gasteiger partial charge >= 0.3 is 12.3 Å². The molecule has 0 amide bonds. The zero-order valence-electron chi connectivity index (χ0n) is 11.0. The third-order valence-corrected chi connectivity index (χ3v) is 2.53. The van der Waals surface area contributed by atoms with E-state index >= 15 is 0 Å². The number of Topliss-reactive ketones (excluding diaryl/α,β-unsaturated/α-hetero) is 1. The lowest BCUT2D eigenvalue weighted by molar-refractivity contribution is -0.274. The van der Waals surface area contributed by atoms with Crippen molar-refractivity contribution in [1.82, 2.24) is 0 Å². The highest BCUT2D eigenvalue weighted by molar-refractivity contribution is 6.19. The quantitative estimate of drug-likeness (QED) is 0.456. The molecular weight excluding hydrogens is 313 g/mol. The number of hydrogen-bond acceptors (Lipinski definition) is 4. The average molecular weight is 325 g/mol. The van der Waals surface area contributed by atoms with Gasteiger partial charge in [-0.3, -0.25) is 4.79 Å². The van der Waals surface area contributed by atoms with Crippen LogP contribution in [0.5, 0.6) is 5.75 Å². The number of carbonyl (C=O) groups excluding carboxylic acids is 2. The average Bonchev–Trinajstić information content (AvgIpc) is 2.37. The van der Waals surface area contributed by atoms with Gasteiger partial charge < -0.3 is 9.47 Å². The summed E-state index contributed by atoms with van der Waals surface area (Å²) in [6.07, 6.45) is -5.12. The lowest BCUT2D eigenvalue weighted by Crippen LogP contribution is -2.19. The van der Waals surface area contributed by atoms with Crippen LogP contribution < -0.4 is 4.74 Å². The van der Waals surface area contributed by atoms with Gasteiger partial charge in [0.1, 0.15) is 5.75 Å². The molecule has 0 bridgehead atoms. The number of benzene rings is 1. The van der Waals surface area contributed by atoms with Gasteiger partial charge in [-0.2, -0.15) is 0 Å². The Morgan fingerprint density at radius 2 is 1.95 bits per heavy atom. The summed E-state index contributed by atoms with van der Waals surface area (Å²) in [5, 5.41) is 0. The van der Waals surface area contributed by atoms with Crippen molar-refractivity contribution in [2.45, 2.75) is 19.7 Å². The molecule has 1 rings (SSSR count). The molecule has 0 aliphatic rings. The van der Waals surface area contributed by atoms with Crippen LogP contribution >= 0.6 is 11.6 Å². The molecule has 0 aliphatic heterocycles. The number of esters is 1. The van der Waals surface area contributed by atoms with Crippen LogP contribution in [0.25, 0.3) is 0 Å². The van der Waals surface area contributed by atoms with Gasteiger partial charge in [0.2, 0.25) is 0 Å². The molecular formula is C13H12ClF3O4. The Bertz CT molecular complexity index is 529. The molecule has 0 radical (unpaired) electrons. The predicted octanol–water partition coefficient (Wildman–Crippen LogP) is 3.57. The fraction of sp³-hybridized carbons (Fsp3) is 0.385. The van der Waals surface area contributed by atoms with E-state index in [9.17, 15) is 22.8 Å². The molecule has 8 heteroatoms. The summed E-state index contributed by atoms with van der Waals surface area (Å²) in [6.45, 7) is 1.68. The van der Waals surface area contributed by atoms with Crippen LogP contribution in [0, 0.1) is 0 Å². The van der Waals surface area contributed by atoms with Crippen molar-refractivity contribution in [3.8, 4) is 5.75 Å². The standard InChI is InChI=1S/C13H12ClF3O4/c1-2-20-12(19)8-3-4-11(21-13(15,16)17)9(7-8)10(18)5-6-14/h3-4,7H,2,5-6H2,1H3. The maximum atomic E-state index is 12.3. The van der Waals surface area contributed by atoms with Crippen molar-refractivity contribution in [3.63, 3.8) is 0 Å². The molecule has 0 aromatic heterocycles. The second kappa shape index (κ2) is 7.31. The van der Waals surface area contributed by atoms with E-state index in [1.165, 1.54) is 0 Å². The van der Waals surface area contributed by atoms with Crippen LogP contribution in [0.15, 0.2) is 18.2 Å². The lowest BCUT2D eigenvalue weighted by Gasteiger charge is -2.13. The number of alkyl halides is 4. The van der Waals surface area contributed by atoms with Crippen molar-refractivity contribution in [2.75, 3.05) is 12.5 Å². The van der Waals surface area contributed by atoms with Crippen LogP contribution in [0.1, 0.15) is 34.1 Å². The molecule has 116 valence electrons. The summed E-state index contributed by atoms with van der Waals surface area (Å²) in [4.78, 5) is 23.4. The summed E-state index contributed by atoms with van der Waals surface area (Å²) in [5.74, 6) is -2.13. The van der Waals surface area contributed by atoms with Gasteiger partial charge in [0.25, 0.3) is 0 Å². The molecule has 1 aromatic carbocycles. The number of ether oxygens (including phenoxy) is 2. The molecule has 0 unspecified atom stereocenters. The van der Waals surface area contributed by atoms with Crippen LogP contribution in [0.3, 0.4) is 0 Å². The normalized spacial score (nSPS) is 11.1. The van der Waals surface area contributed by atoms with Crippen molar-refractivity contribution >= 4 is 23.4 Å². The molecule has 0 saturated carbocycles. The first-order valence-electron chi connectivity index (χ1n) is 5.94. The van der Waals surface area contributed by atoms with Crippen LogP contribution in [0.2, 0.25) is 0 Å². The molecule has 1 aromatic rings. The number of carbonyl (C=O) groups is 2. The van der Waals surface area contributed by atoms with Crippen molar-refractivity contribution in [1.29, 1.82) is 0 Å². The molecule has 0 heterocycles. The van der Waals surface area contributed by atoms with E-state index < -0.39 is 23.9 Å². The first-order valence-corrected chi connectivity index (χ1v) is 6.48. The first kappa shape index (κ1) is 17.3.